The van der Waals surface area contributed by atoms with E-state index in [4.69, 9.17) is 20.4 Å². The normalized spacial score (nSPS) is 17.0. The van der Waals surface area contributed by atoms with Gasteiger partial charge in [-0.1, -0.05) is 24.3 Å². The number of nitrogen functional groups attached to an aromatic ring is 1. The molecule has 5 aromatic rings. The van der Waals surface area contributed by atoms with E-state index in [-0.39, 0.29) is 11.3 Å². The second kappa shape index (κ2) is 11.3. The second-order valence-electron chi connectivity index (χ2n) is 11.2. The highest BCUT2D eigenvalue weighted by atomic mass is 32.1. The van der Waals surface area contributed by atoms with Crippen molar-refractivity contribution in [3.63, 3.8) is 0 Å². The maximum Gasteiger partial charge on any atom is 0.255 e. The molecule has 0 saturated carbocycles. The Kier molecular flexibility index (Phi) is 7.23. The number of pyridine rings is 1. The SMILES string of the molecule is Nc1ccccc1NC(=O)c1ccc(C2(c3nc(-c4cnc5cc(CN6CCCC6)ccn45)cs3)CCOCC2)cc1. The van der Waals surface area contributed by atoms with Crippen LogP contribution in [0.25, 0.3) is 17.0 Å². The zero-order valence-electron chi connectivity index (χ0n) is 23.5. The molecular weight excluding hydrogens is 544 g/mol. The molecule has 0 bridgehead atoms. The number of thiazole rings is 1. The van der Waals surface area contributed by atoms with Crippen LogP contribution in [0.15, 0.2) is 78.4 Å². The van der Waals surface area contributed by atoms with Gasteiger partial charge in [0.1, 0.15) is 10.7 Å². The van der Waals surface area contributed by atoms with Gasteiger partial charge in [0.2, 0.25) is 0 Å². The van der Waals surface area contributed by atoms with Gasteiger partial charge in [-0.2, -0.15) is 0 Å². The number of carbonyl (C=O) groups excluding carboxylic acids is 1. The summed E-state index contributed by atoms with van der Waals surface area (Å²) in [6, 6.07) is 19.6. The largest absolute Gasteiger partial charge is 0.397 e. The van der Waals surface area contributed by atoms with Crippen molar-refractivity contribution in [2.75, 3.05) is 37.4 Å². The summed E-state index contributed by atoms with van der Waals surface area (Å²) in [6.07, 6.45) is 8.30. The van der Waals surface area contributed by atoms with Crippen LogP contribution in [0.5, 0.6) is 0 Å². The molecule has 0 radical (unpaired) electrons. The summed E-state index contributed by atoms with van der Waals surface area (Å²) in [5.74, 6) is -0.187. The number of fused-ring (bicyclic) bond motifs is 1. The molecule has 0 spiro atoms. The number of nitrogens with two attached hydrogens (primary N) is 1. The first-order valence-corrected chi connectivity index (χ1v) is 15.5. The Morgan fingerprint density at radius 2 is 1.83 bits per heavy atom. The van der Waals surface area contributed by atoms with Gasteiger partial charge in [0, 0.05) is 36.9 Å². The zero-order chi connectivity index (χ0) is 28.5. The number of rotatable bonds is 7. The van der Waals surface area contributed by atoms with Crippen molar-refractivity contribution >= 4 is 34.3 Å². The summed E-state index contributed by atoms with van der Waals surface area (Å²) >= 11 is 1.69. The molecule has 0 unspecified atom stereocenters. The molecule has 3 N–H and O–H groups in total. The lowest BCUT2D eigenvalue weighted by molar-refractivity contribution is 0.0630. The zero-order valence-corrected chi connectivity index (χ0v) is 24.3. The Hall–Kier alpha value is -4.05. The topological polar surface area (TPSA) is 97.8 Å². The van der Waals surface area contributed by atoms with Crippen LogP contribution in [0.1, 0.15) is 52.2 Å². The molecular formula is C33H34N6O2S. The molecule has 2 aromatic carbocycles. The fourth-order valence-electron chi connectivity index (χ4n) is 6.21. The van der Waals surface area contributed by atoms with Crippen molar-refractivity contribution < 1.29 is 9.53 Å². The molecule has 5 heterocycles. The maximum atomic E-state index is 12.9. The van der Waals surface area contributed by atoms with Crippen LogP contribution in [0, 0.1) is 0 Å². The summed E-state index contributed by atoms with van der Waals surface area (Å²) in [4.78, 5) is 25.4. The molecule has 2 aliphatic heterocycles. The van der Waals surface area contributed by atoms with Gasteiger partial charge in [-0.25, -0.2) is 9.97 Å². The van der Waals surface area contributed by atoms with Gasteiger partial charge in [0.15, 0.2) is 0 Å². The highest BCUT2D eigenvalue weighted by molar-refractivity contribution is 7.10. The van der Waals surface area contributed by atoms with Crippen LogP contribution in [0.3, 0.4) is 0 Å². The molecule has 214 valence electrons. The van der Waals surface area contributed by atoms with E-state index in [1.807, 2.05) is 30.5 Å². The summed E-state index contributed by atoms with van der Waals surface area (Å²) in [7, 11) is 0. The first-order valence-electron chi connectivity index (χ1n) is 14.6. The van der Waals surface area contributed by atoms with Crippen molar-refractivity contribution in [1.29, 1.82) is 0 Å². The summed E-state index contributed by atoms with van der Waals surface area (Å²) in [5, 5.41) is 6.12. The molecule has 1 amide bonds. The minimum absolute atomic E-state index is 0.187. The number of benzene rings is 2. The van der Waals surface area contributed by atoms with E-state index < -0.39 is 0 Å². The van der Waals surface area contributed by atoms with Crippen LogP contribution in [-0.2, 0) is 16.7 Å². The number of anilines is 2. The lowest BCUT2D eigenvalue weighted by Crippen LogP contribution is -2.35. The number of carbonyl (C=O) groups is 1. The van der Waals surface area contributed by atoms with Crippen LogP contribution in [0.2, 0.25) is 0 Å². The summed E-state index contributed by atoms with van der Waals surface area (Å²) in [5.41, 5.74) is 12.8. The smallest absolute Gasteiger partial charge is 0.255 e. The standard InChI is InChI=1S/C33H34N6O2S/c34-26-5-1-2-6-27(26)36-31(40)24-7-9-25(10-8-24)33(12-17-41-18-13-33)32-37-28(22-42-32)29-20-35-30-19-23(11-16-39(29)30)21-38-14-3-4-15-38/h1-2,5-11,16,19-20,22H,3-4,12-15,17-18,21,34H2,(H,36,40). The van der Waals surface area contributed by atoms with Crippen molar-refractivity contribution in [3.8, 4) is 11.4 Å². The Labute approximate surface area is 249 Å². The van der Waals surface area contributed by atoms with Crippen molar-refractivity contribution in [2.45, 2.75) is 37.6 Å². The minimum Gasteiger partial charge on any atom is -0.397 e. The van der Waals surface area contributed by atoms with Crippen molar-refractivity contribution in [1.82, 2.24) is 19.3 Å². The molecule has 2 aliphatic rings. The molecule has 9 heteroatoms. The van der Waals surface area contributed by atoms with E-state index in [0.717, 1.165) is 47.0 Å². The number of para-hydroxylation sites is 2. The molecule has 42 heavy (non-hydrogen) atoms. The number of imidazole rings is 1. The monoisotopic (exact) mass is 578 g/mol. The Morgan fingerprint density at radius 1 is 1.05 bits per heavy atom. The molecule has 2 fully saturated rings. The number of nitrogens with zero attached hydrogens (tertiary/aromatic N) is 4. The number of hydrogen-bond donors (Lipinski definition) is 2. The van der Waals surface area contributed by atoms with E-state index in [1.54, 1.807) is 23.5 Å². The molecule has 0 aliphatic carbocycles. The summed E-state index contributed by atoms with van der Waals surface area (Å²) in [6.45, 7) is 4.67. The fraction of sp³-hybridized carbons (Fsp3) is 0.303. The minimum atomic E-state index is -0.274. The van der Waals surface area contributed by atoms with E-state index in [0.29, 0.717) is 30.2 Å². The molecule has 2 saturated heterocycles. The highest BCUT2D eigenvalue weighted by Crippen LogP contribution is 2.43. The third kappa shape index (κ3) is 5.08. The predicted octanol–water partition coefficient (Wildman–Crippen LogP) is 5.98. The number of nitrogens with one attached hydrogen (secondary N) is 1. The Bertz CT molecular complexity index is 1710. The average Bonchev–Trinajstić information content (AvgIpc) is 3.80. The van der Waals surface area contributed by atoms with Crippen LogP contribution in [0.4, 0.5) is 11.4 Å². The Morgan fingerprint density at radius 3 is 2.62 bits per heavy atom. The molecule has 3 aromatic heterocycles. The number of likely N-dealkylation sites (tertiary alicyclic amines) is 1. The van der Waals surface area contributed by atoms with Crippen molar-refractivity contribution in [2.24, 2.45) is 0 Å². The third-order valence-corrected chi connectivity index (χ3v) is 9.66. The van der Waals surface area contributed by atoms with E-state index in [1.165, 1.54) is 31.5 Å². The Balaban J connectivity index is 1.15. The number of aromatic nitrogens is 3. The van der Waals surface area contributed by atoms with Gasteiger partial charge < -0.3 is 15.8 Å². The second-order valence-corrected chi connectivity index (χ2v) is 12.1. The van der Waals surface area contributed by atoms with Gasteiger partial charge in [0.05, 0.1) is 34.4 Å². The van der Waals surface area contributed by atoms with Gasteiger partial charge >= 0.3 is 0 Å². The first kappa shape index (κ1) is 26.8. The molecule has 8 nitrogen and oxygen atoms in total. The van der Waals surface area contributed by atoms with Gasteiger partial charge in [0.25, 0.3) is 5.91 Å². The first-order chi connectivity index (χ1) is 20.6. The van der Waals surface area contributed by atoms with Crippen molar-refractivity contribution in [3.05, 3.63) is 100 Å². The predicted molar refractivity (Wildman–Crippen MR) is 167 cm³/mol. The van der Waals surface area contributed by atoms with Gasteiger partial charge in [-0.05, 0) is 86.3 Å². The lowest BCUT2D eigenvalue weighted by atomic mass is 9.74. The third-order valence-electron chi connectivity index (χ3n) is 8.61. The van der Waals surface area contributed by atoms with Crippen LogP contribution >= 0.6 is 11.3 Å². The van der Waals surface area contributed by atoms with Gasteiger partial charge in [-0.3, -0.25) is 14.1 Å². The number of hydrogen-bond acceptors (Lipinski definition) is 7. The molecule has 0 atom stereocenters. The van der Waals surface area contributed by atoms with E-state index in [2.05, 4.69) is 50.5 Å². The highest BCUT2D eigenvalue weighted by Gasteiger charge is 2.39. The lowest BCUT2D eigenvalue weighted by Gasteiger charge is -2.36. The van der Waals surface area contributed by atoms with E-state index in [9.17, 15) is 4.79 Å². The average molecular weight is 579 g/mol. The van der Waals surface area contributed by atoms with Crippen LogP contribution < -0.4 is 11.1 Å². The fourth-order valence-corrected chi connectivity index (χ4v) is 7.31. The number of amides is 1. The van der Waals surface area contributed by atoms with E-state index >= 15 is 0 Å². The van der Waals surface area contributed by atoms with Gasteiger partial charge in [-0.15, -0.1) is 11.3 Å². The number of ether oxygens (including phenoxy) is 1. The summed E-state index contributed by atoms with van der Waals surface area (Å²) < 4.78 is 7.92. The quantitative estimate of drug-likeness (QED) is 0.231. The molecule has 7 rings (SSSR count). The van der Waals surface area contributed by atoms with Crippen LogP contribution in [-0.4, -0.2) is 51.5 Å². The maximum absolute atomic E-state index is 12.9.